The van der Waals surface area contributed by atoms with Crippen molar-refractivity contribution in [2.45, 2.75) is 38.2 Å². The number of amides is 1. The Bertz CT molecular complexity index is 851. The molecule has 13 heteroatoms. The van der Waals surface area contributed by atoms with E-state index in [1.54, 1.807) is 12.1 Å². The predicted molar refractivity (Wildman–Crippen MR) is 85.8 cm³/mol. The number of nitrogens with zero attached hydrogens (tertiary/aromatic N) is 4. The average molecular weight is 428 g/mol. The van der Waals surface area contributed by atoms with Crippen molar-refractivity contribution < 1.29 is 40.3 Å². The van der Waals surface area contributed by atoms with Gasteiger partial charge in [0.05, 0.1) is 29.5 Å². The first-order chi connectivity index (χ1) is 13.2. The molecule has 0 saturated heterocycles. The molecule has 0 aliphatic heterocycles. The number of anilines is 1. The van der Waals surface area contributed by atoms with Crippen LogP contribution in [0.5, 0.6) is 0 Å². The second-order valence-corrected chi connectivity index (χ2v) is 5.98. The smallest absolute Gasteiger partial charge is 0.312 e. The number of halogens is 7. The minimum atomic E-state index is -5.98. The largest absolute Gasteiger partial charge is 0.525 e. The van der Waals surface area contributed by atoms with Gasteiger partial charge in [0.2, 0.25) is 5.91 Å². The molecule has 6 nitrogen and oxygen atoms in total. The molecule has 0 radical (unpaired) electrons. The second-order valence-electron chi connectivity index (χ2n) is 5.98. The van der Waals surface area contributed by atoms with Crippen molar-refractivity contribution in [3.05, 3.63) is 36.4 Å². The zero-order valence-corrected chi connectivity index (χ0v) is 15.1. The number of carbonyl (C=O) groups excluding carboxylic acids is 1. The van der Waals surface area contributed by atoms with Crippen molar-refractivity contribution in [3.8, 4) is 5.69 Å². The lowest BCUT2D eigenvalue weighted by Gasteiger charge is -2.28. The van der Waals surface area contributed by atoms with Crippen LogP contribution in [0.4, 0.5) is 36.4 Å². The van der Waals surface area contributed by atoms with E-state index in [0.29, 0.717) is 11.4 Å². The molecule has 0 aliphatic carbocycles. The molecule has 1 amide bonds. The molecule has 1 unspecified atom stereocenters. The van der Waals surface area contributed by atoms with Gasteiger partial charge in [0.1, 0.15) is 0 Å². The molecule has 0 fully saturated rings. The number of ether oxygens (including phenoxy) is 1. The van der Waals surface area contributed by atoms with E-state index < -0.39 is 37.1 Å². The van der Waals surface area contributed by atoms with E-state index in [0.717, 1.165) is 4.90 Å². The first-order valence-corrected chi connectivity index (χ1v) is 7.99. The van der Waals surface area contributed by atoms with Crippen molar-refractivity contribution in [2.75, 3.05) is 11.9 Å². The Morgan fingerprint density at radius 2 is 1.86 bits per heavy atom. The van der Waals surface area contributed by atoms with Crippen LogP contribution in [-0.4, -0.2) is 46.1 Å². The van der Waals surface area contributed by atoms with Crippen LogP contribution in [0.3, 0.4) is 0 Å². The molecule has 1 atom stereocenters. The number of rotatable bonds is 6. The van der Waals surface area contributed by atoms with Crippen LogP contribution < -0.4 is 4.90 Å². The maximum absolute atomic E-state index is 13.9. The summed E-state index contributed by atoms with van der Waals surface area (Å²) < 4.78 is 92.5. The molecular formula is C16H15F7N4O2. The quantitative estimate of drug-likeness (QED) is 0.651. The highest BCUT2D eigenvalue weighted by Crippen LogP contribution is 2.42. The fourth-order valence-corrected chi connectivity index (χ4v) is 2.41. The number of alkyl halides is 7. The number of carbonyl (C=O) groups is 1. The fourth-order valence-electron chi connectivity index (χ4n) is 2.41. The van der Waals surface area contributed by atoms with Crippen molar-refractivity contribution in [1.82, 2.24) is 14.8 Å². The first-order valence-electron chi connectivity index (χ1n) is 7.99. The van der Waals surface area contributed by atoms with Crippen molar-refractivity contribution in [2.24, 2.45) is 0 Å². The van der Waals surface area contributed by atoms with E-state index in [1.165, 1.54) is 37.2 Å². The molecule has 0 spiro atoms. The van der Waals surface area contributed by atoms with Gasteiger partial charge in [0, 0.05) is 26.1 Å². The summed E-state index contributed by atoms with van der Waals surface area (Å²) in [5.41, 5.74) is 1.01. The van der Waals surface area contributed by atoms with Gasteiger partial charge in [-0.05, 0) is 19.1 Å². The van der Waals surface area contributed by atoms with Crippen LogP contribution in [-0.2, 0) is 9.53 Å². The molecule has 0 N–H and O–H groups in total. The second kappa shape index (κ2) is 7.97. The van der Waals surface area contributed by atoms with Gasteiger partial charge in [0.25, 0.3) is 0 Å². The van der Waals surface area contributed by atoms with Crippen LogP contribution in [0.25, 0.3) is 5.69 Å². The van der Waals surface area contributed by atoms with Crippen LogP contribution >= 0.6 is 0 Å². The summed E-state index contributed by atoms with van der Waals surface area (Å²) in [4.78, 5) is 17.0. The number of aryl methyl sites for hydroxylation is 1. The Morgan fingerprint density at radius 1 is 1.21 bits per heavy atom. The van der Waals surface area contributed by atoms with E-state index in [2.05, 4.69) is 14.8 Å². The Kier molecular flexibility index (Phi) is 6.21. The Labute approximate surface area is 159 Å². The Balaban J connectivity index is 2.15. The standard InChI is InChI=1S/C16H15F7N4O2/c1-10-12(9-27(25-10)11-4-3-7-24-8-11)26(2)13(28)5-6-14(17,15(18,19)20)29-16(21,22)23/h3-4,7-9H,5-6H2,1-2H3. The normalized spacial score (nSPS) is 14.5. The number of aromatic nitrogens is 3. The zero-order valence-electron chi connectivity index (χ0n) is 15.1. The minimum Gasteiger partial charge on any atom is -0.312 e. The molecule has 29 heavy (non-hydrogen) atoms. The Morgan fingerprint density at radius 3 is 2.38 bits per heavy atom. The van der Waals surface area contributed by atoms with Gasteiger partial charge in [-0.15, -0.1) is 13.2 Å². The summed E-state index contributed by atoms with van der Waals surface area (Å²) in [6.45, 7) is 1.51. The van der Waals surface area contributed by atoms with Gasteiger partial charge in [0.15, 0.2) is 0 Å². The topological polar surface area (TPSA) is 60.2 Å². The number of pyridine rings is 1. The molecule has 2 aromatic heterocycles. The van der Waals surface area contributed by atoms with Gasteiger partial charge in [-0.3, -0.25) is 9.78 Å². The summed E-state index contributed by atoms with van der Waals surface area (Å²) >= 11 is 0. The molecule has 2 aromatic rings. The summed E-state index contributed by atoms with van der Waals surface area (Å²) in [6.07, 6.45) is -10.6. The van der Waals surface area contributed by atoms with Gasteiger partial charge in [-0.25, -0.2) is 13.8 Å². The summed E-state index contributed by atoms with van der Waals surface area (Å²) in [7, 11) is 1.18. The van der Waals surface area contributed by atoms with E-state index in [4.69, 9.17) is 0 Å². The van der Waals surface area contributed by atoms with Crippen LogP contribution in [0.1, 0.15) is 18.5 Å². The molecule has 0 bridgehead atoms. The highest BCUT2D eigenvalue weighted by atomic mass is 19.4. The van der Waals surface area contributed by atoms with Crippen molar-refractivity contribution >= 4 is 11.6 Å². The number of hydrogen-bond donors (Lipinski definition) is 0. The molecular weight excluding hydrogens is 413 g/mol. The van der Waals surface area contributed by atoms with Crippen molar-refractivity contribution in [1.29, 1.82) is 0 Å². The zero-order chi connectivity index (χ0) is 22.0. The molecule has 160 valence electrons. The van der Waals surface area contributed by atoms with E-state index in [9.17, 15) is 35.5 Å². The lowest BCUT2D eigenvalue weighted by Crippen LogP contribution is -2.47. The maximum atomic E-state index is 13.9. The van der Waals surface area contributed by atoms with Crippen LogP contribution in [0.2, 0.25) is 0 Å². The molecule has 0 saturated carbocycles. The summed E-state index contributed by atoms with van der Waals surface area (Å²) in [6, 6.07) is 3.28. The van der Waals surface area contributed by atoms with Crippen LogP contribution in [0, 0.1) is 6.92 Å². The average Bonchev–Trinajstić information content (AvgIpc) is 2.99. The first kappa shape index (κ1) is 22.6. The molecule has 0 aromatic carbocycles. The van der Waals surface area contributed by atoms with Gasteiger partial charge in [-0.2, -0.15) is 18.3 Å². The highest BCUT2D eigenvalue weighted by Gasteiger charge is 2.62. The van der Waals surface area contributed by atoms with Crippen molar-refractivity contribution in [3.63, 3.8) is 0 Å². The van der Waals surface area contributed by atoms with E-state index >= 15 is 0 Å². The third-order valence-corrected chi connectivity index (χ3v) is 3.88. The lowest BCUT2D eigenvalue weighted by molar-refractivity contribution is -0.448. The van der Waals surface area contributed by atoms with Crippen LogP contribution in [0.15, 0.2) is 30.7 Å². The number of hydrogen-bond acceptors (Lipinski definition) is 4. The minimum absolute atomic E-state index is 0.173. The molecule has 0 aliphatic rings. The predicted octanol–water partition coefficient (Wildman–Crippen LogP) is 4.08. The molecule has 2 heterocycles. The van der Waals surface area contributed by atoms with Gasteiger partial charge >= 0.3 is 18.4 Å². The van der Waals surface area contributed by atoms with Gasteiger partial charge in [-0.1, -0.05) is 0 Å². The third-order valence-electron chi connectivity index (χ3n) is 3.88. The summed E-state index contributed by atoms with van der Waals surface area (Å²) in [5, 5.41) is 4.14. The highest BCUT2D eigenvalue weighted by molar-refractivity contribution is 5.93. The monoisotopic (exact) mass is 428 g/mol. The lowest BCUT2D eigenvalue weighted by atomic mass is 10.1. The third kappa shape index (κ3) is 5.43. The molecule has 2 rings (SSSR count). The SMILES string of the molecule is Cc1nn(-c2cccnc2)cc1N(C)C(=O)CCC(F)(OC(F)(F)F)C(F)(F)F. The maximum Gasteiger partial charge on any atom is 0.525 e. The van der Waals surface area contributed by atoms with E-state index in [1.807, 2.05) is 0 Å². The summed E-state index contributed by atoms with van der Waals surface area (Å²) in [5.74, 6) is -6.10. The van der Waals surface area contributed by atoms with E-state index in [-0.39, 0.29) is 5.69 Å². The Hall–Kier alpha value is -2.70. The van der Waals surface area contributed by atoms with Gasteiger partial charge < -0.3 is 4.90 Å². The fraction of sp³-hybridized carbons (Fsp3) is 0.438.